The molecule has 0 bridgehead atoms. The number of aryl methyl sites for hydroxylation is 1. The highest BCUT2D eigenvalue weighted by Crippen LogP contribution is 2.31. The van der Waals surface area contributed by atoms with Crippen LogP contribution in [0.25, 0.3) is 0 Å². The van der Waals surface area contributed by atoms with Crippen LogP contribution in [0.4, 0.5) is 13.2 Å². The minimum absolute atomic E-state index is 0.0195. The molecular weight excluding hydrogens is 279 g/mol. The van der Waals surface area contributed by atoms with E-state index in [1.54, 1.807) is 0 Å². The van der Waals surface area contributed by atoms with Gasteiger partial charge in [-0.05, 0) is 18.6 Å². The normalized spacial score (nSPS) is 11.8. The third-order valence-electron chi connectivity index (χ3n) is 2.88. The molecule has 0 amide bonds. The number of nitrogens with zero attached hydrogens (tertiary/aromatic N) is 1. The van der Waals surface area contributed by atoms with Crippen LogP contribution in [0, 0.1) is 6.92 Å². The Morgan fingerprint density at radius 2 is 1.71 bits per heavy atom. The van der Waals surface area contributed by atoms with E-state index < -0.39 is 11.7 Å². The second-order valence-corrected chi connectivity index (χ2v) is 4.58. The minimum Gasteiger partial charge on any atom is -0.391 e. The Morgan fingerprint density at radius 1 is 1.05 bits per heavy atom. The topological polar surface area (TPSA) is 21.6 Å². The van der Waals surface area contributed by atoms with Crippen molar-refractivity contribution in [2.24, 2.45) is 5.16 Å². The Morgan fingerprint density at radius 3 is 2.38 bits per heavy atom. The zero-order chi connectivity index (χ0) is 15.3. The molecule has 0 saturated heterocycles. The van der Waals surface area contributed by atoms with Crippen molar-refractivity contribution in [2.45, 2.75) is 19.7 Å². The summed E-state index contributed by atoms with van der Waals surface area (Å²) in [4.78, 5) is 5.03. The molecule has 0 unspecified atom stereocenters. The highest BCUT2D eigenvalue weighted by atomic mass is 19.4. The summed E-state index contributed by atoms with van der Waals surface area (Å²) in [6, 6.07) is 12.9. The monoisotopic (exact) mass is 293 g/mol. The van der Waals surface area contributed by atoms with Gasteiger partial charge in [-0.2, -0.15) is 13.2 Å². The Hall–Kier alpha value is -2.30. The average Bonchev–Trinajstić information content (AvgIpc) is 2.45. The van der Waals surface area contributed by atoms with Gasteiger partial charge in [-0.1, -0.05) is 53.2 Å². The van der Waals surface area contributed by atoms with E-state index in [1.807, 2.05) is 31.2 Å². The van der Waals surface area contributed by atoms with Gasteiger partial charge in [-0.15, -0.1) is 0 Å². The number of hydrogen-bond acceptors (Lipinski definition) is 2. The second kappa shape index (κ2) is 6.43. The fourth-order valence-electron chi connectivity index (χ4n) is 1.76. The van der Waals surface area contributed by atoms with E-state index in [0.29, 0.717) is 0 Å². The molecule has 5 heteroatoms. The van der Waals surface area contributed by atoms with Crippen LogP contribution in [0.15, 0.2) is 53.7 Å². The molecule has 0 heterocycles. The third kappa shape index (κ3) is 4.34. The zero-order valence-corrected chi connectivity index (χ0v) is 11.4. The van der Waals surface area contributed by atoms with Gasteiger partial charge in [0.1, 0.15) is 6.61 Å². The van der Waals surface area contributed by atoms with Crippen LogP contribution in [0.2, 0.25) is 0 Å². The molecule has 0 fully saturated rings. The summed E-state index contributed by atoms with van der Waals surface area (Å²) in [5.74, 6) is 0. The molecule has 0 spiro atoms. The average molecular weight is 293 g/mol. The summed E-state index contributed by atoms with van der Waals surface area (Å²) < 4.78 is 38.3. The number of hydrogen-bond donors (Lipinski definition) is 0. The van der Waals surface area contributed by atoms with Crippen molar-refractivity contribution < 1.29 is 18.0 Å². The van der Waals surface area contributed by atoms with E-state index >= 15 is 0 Å². The first kappa shape index (κ1) is 15.1. The van der Waals surface area contributed by atoms with Crippen LogP contribution in [-0.2, 0) is 17.6 Å². The van der Waals surface area contributed by atoms with Crippen molar-refractivity contribution in [2.75, 3.05) is 0 Å². The third-order valence-corrected chi connectivity index (χ3v) is 2.88. The van der Waals surface area contributed by atoms with Crippen LogP contribution in [0.3, 0.4) is 0 Å². The summed E-state index contributed by atoms with van der Waals surface area (Å²) in [5, 5.41) is 3.61. The Kier molecular flexibility index (Phi) is 4.62. The maximum absolute atomic E-state index is 12.8. The standard InChI is InChI=1S/C16H14F3NO/c1-12-6-8-13(9-7-12)11-21-20-10-14-4-2-3-5-15(14)16(17,18)19/h2-10H,11H2,1H3. The Bertz CT molecular complexity index is 618. The molecule has 0 N–H and O–H groups in total. The van der Waals surface area contributed by atoms with E-state index in [-0.39, 0.29) is 12.2 Å². The predicted molar refractivity (Wildman–Crippen MR) is 75.0 cm³/mol. The smallest absolute Gasteiger partial charge is 0.391 e. The first-order valence-electron chi connectivity index (χ1n) is 6.34. The Labute approximate surface area is 120 Å². The Balaban J connectivity index is 2.00. The highest BCUT2D eigenvalue weighted by Gasteiger charge is 2.32. The van der Waals surface area contributed by atoms with Crippen molar-refractivity contribution in [3.05, 3.63) is 70.8 Å². The lowest BCUT2D eigenvalue weighted by atomic mass is 10.1. The van der Waals surface area contributed by atoms with Crippen LogP contribution in [0.1, 0.15) is 22.3 Å². The number of rotatable bonds is 4. The lowest BCUT2D eigenvalue weighted by Crippen LogP contribution is -2.08. The van der Waals surface area contributed by atoms with Gasteiger partial charge < -0.3 is 4.84 Å². The van der Waals surface area contributed by atoms with Crippen molar-refractivity contribution in [3.63, 3.8) is 0 Å². The van der Waals surface area contributed by atoms with Crippen molar-refractivity contribution >= 4 is 6.21 Å². The van der Waals surface area contributed by atoms with Gasteiger partial charge in [0, 0.05) is 5.56 Å². The molecule has 2 aromatic rings. The lowest BCUT2D eigenvalue weighted by Gasteiger charge is -2.09. The number of halogens is 3. The predicted octanol–water partition coefficient (Wildman–Crippen LogP) is 4.56. The lowest BCUT2D eigenvalue weighted by molar-refractivity contribution is -0.137. The summed E-state index contributed by atoms with van der Waals surface area (Å²) >= 11 is 0. The van der Waals surface area contributed by atoms with Crippen molar-refractivity contribution in [1.29, 1.82) is 0 Å². The van der Waals surface area contributed by atoms with E-state index in [0.717, 1.165) is 23.4 Å². The van der Waals surface area contributed by atoms with Gasteiger partial charge in [0.15, 0.2) is 0 Å². The first-order valence-corrected chi connectivity index (χ1v) is 6.34. The molecule has 110 valence electrons. The quantitative estimate of drug-likeness (QED) is 0.598. The first-order chi connectivity index (χ1) is 9.97. The number of alkyl halides is 3. The minimum atomic E-state index is -4.40. The van der Waals surface area contributed by atoms with Gasteiger partial charge in [0.05, 0.1) is 11.8 Å². The van der Waals surface area contributed by atoms with Gasteiger partial charge in [-0.3, -0.25) is 0 Å². The SMILES string of the molecule is Cc1ccc(CON=Cc2ccccc2C(F)(F)F)cc1. The largest absolute Gasteiger partial charge is 0.417 e. The summed E-state index contributed by atoms with van der Waals surface area (Å²) in [5.41, 5.74) is 1.28. The molecule has 0 radical (unpaired) electrons. The van der Waals surface area contributed by atoms with Gasteiger partial charge in [0.2, 0.25) is 0 Å². The van der Waals surface area contributed by atoms with E-state index in [9.17, 15) is 13.2 Å². The number of oxime groups is 1. The maximum Gasteiger partial charge on any atom is 0.417 e. The molecule has 2 nitrogen and oxygen atoms in total. The molecule has 0 aromatic heterocycles. The fourth-order valence-corrected chi connectivity index (χ4v) is 1.76. The second-order valence-electron chi connectivity index (χ2n) is 4.58. The maximum atomic E-state index is 12.8. The molecule has 0 atom stereocenters. The van der Waals surface area contributed by atoms with E-state index in [4.69, 9.17) is 4.84 Å². The summed E-state index contributed by atoms with van der Waals surface area (Å²) in [6.07, 6.45) is -3.32. The molecule has 0 aliphatic rings. The van der Waals surface area contributed by atoms with Crippen LogP contribution < -0.4 is 0 Å². The molecule has 21 heavy (non-hydrogen) atoms. The van der Waals surface area contributed by atoms with Gasteiger partial charge >= 0.3 is 6.18 Å². The summed E-state index contributed by atoms with van der Waals surface area (Å²) in [7, 11) is 0. The molecule has 0 aliphatic carbocycles. The molecule has 2 aromatic carbocycles. The summed E-state index contributed by atoms with van der Waals surface area (Å²) in [6.45, 7) is 2.18. The highest BCUT2D eigenvalue weighted by molar-refractivity contribution is 5.81. The molecular formula is C16H14F3NO. The molecule has 2 rings (SSSR count). The van der Waals surface area contributed by atoms with E-state index in [2.05, 4.69) is 5.16 Å². The van der Waals surface area contributed by atoms with Crippen LogP contribution in [-0.4, -0.2) is 6.21 Å². The van der Waals surface area contributed by atoms with Crippen molar-refractivity contribution in [3.8, 4) is 0 Å². The molecule has 0 saturated carbocycles. The van der Waals surface area contributed by atoms with Crippen molar-refractivity contribution in [1.82, 2.24) is 0 Å². The van der Waals surface area contributed by atoms with Crippen LogP contribution in [0.5, 0.6) is 0 Å². The van der Waals surface area contributed by atoms with E-state index in [1.165, 1.54) is 18.2 Å². The zero-order valence-electron chi connectivity index (χ0n) is 11.4. The van der Waals surface area contributed by atoms with Crippen LogP contribution >= 0.6 is 0 Å². The van der Waals surface area contributed by atoms with Gasteiger partial charge in [-0.25, -0.2) is 0 Å². The number of benzene rings is 2. The fraction of sp³-hybridized carbons (Fsp3) is 0.188. The molecule has 0 aliphatic heterocycles. The van der Waals surface area contributed by atoms with Gasteiger partial charge in [0.25, 0.3) is 0 Å².